The Kier molecular flexibility index (Phi) is 4.11. The first-order valence-electron chi connectivity index (χ1n) is 6.30. The highest BCUT2D eigenvalue weighted by Crippen LogP contribution is 2.30. The van der Waals surface area contributed by atoms with Gasteiger partial charge in [0.25, 0.3) is 0 Å². The molecule has 0 unspecified atom stereocenters. The number of hydrogen-bond donors (Lipinski definition) is 1. The van der Waals surface area contributed by atoms with Crippen molar-refractivity contribution in [1.29, 1.82) is 0 Å². The summed E-state index contributed by atoms with van der Waals surface area (Å²) in [6, 6.07) is 7.81. The highest BCUT2D eigenvalue weighted by atomic mass is 79.9. The fourth-order valence-corrected chi connectivity index (χ4v) is 2.37. The van der Waals surface area contributed by atoms with E-state index in [1.54, 1.807) is 7.11 Å². The van der Waals surface area contributed by atoms with Gasteiger partial charge >= 0.3 is 0 Å². The summed E-state index contributed by atoms with van der Waals surface area (Å²) in [4.78, 5) is 8.99. The molecule has 0 spiro atoms. The van der Waals surface area contributed by atoms with Gasteiger partial charge in [-0.05, 0) is 61.0 Å². The molecule has 1 heterocycles. The number of rotatable bonds is 3. The molecule has 2 N–H and O–H groups in total. The van der Waals surface area contributed by atoms with Gasteiger partial charge in [-0.1, -0.05) is 0 Å². The molecule has 0 amide bonds. The summed E-state index contributed by atoms with van der Waals surface area (Å²) >= 11 is 3.49. The SMILES string of the molecule is COc1ccc(-c2cc(C)nc(C(C)(C)N)n2)cc1Br. The monoisotopic (exact) mass is 335 g/mol. The van der Waals surface area contributed by atoms with E-state index in [4.69, 9.17) is 10.5 Å². The van der Waals surface area contributed by atoms with Crippen LogP contribution in [0.15, 0.2) is 28.7 Å². The third-order valence-corrected chi connectivity index (χ3v) is 3.50. The van der Waals surface area contributed by atoms with Crippen molar-refractivity contribution in [3.05, 3.63) is 40.3 Å². The van der Waals surface area contributed by atoms with Gasteiger partial charge in [-0.2, -0.15) is 0 Å². The van der Waals surface area contributed by atoms with Crippen LogP contribution in [0.1, 0.15) is 25.4 Å². The molecule has 1 aromatic heterocycles. The largest absolute Gasteiger partial charge is 0.496 e. The molecule has 0 aliphatic carbocycles. The molecule has 1 aromatic carbocycles. The van der Waals surface area contributed by atoms with Crippen molar-refractivity contribution in [2.24, 2.45) is 5.73 Å². The predicted octanol–water partition coefficient (Wildman–Crippen LogP) is 3.42. The average molecular weight is 336 g/mol. The van der Waals surface area contributed by atoms with Crippen molar-refractivity contribution < 1.29 is 4.74 Å². The Hall–Kier alpha value is -1.46. The Morgan fingerprint density at radius 1 is 1.20 bits per heavy atom. The van der Waals surface area contributed by atoms with E-state index in [-0.39, 0.29) is 0 Å². The van der Waals surface area contributed by atoms with Crippen molar-refractivity contribution in [3.63, 3.8) is 0 Å². The zero-order valence-electron chi connectivity index (χ0n) is 12.1. The average Bonchev–Trinajstić information content (AvgIpc) is 2.37. The summed E-state index contributed by atoms with van der Waals surface area (Å²) < 4.78 is 6.13. The molecule has 20 heavy (non-hydrogen) atoms. The summed E-state index contributed by atoms with van der Waals surface area (Å²) in [5.41, 5.74) is 8.28. The molecular formula is C15H18BrN3O. The van der Waals surface area contributed by atoms with Gasteiger partial charge in [-0.15, -0.1) is 0 Å². The van der Waals surface area contributed by atoms with Gasteiger partial charge in [0.1, 0.15) is 11.6 Å². The third kappa shape index (κ3) is 3.16. The molecule has 0 aliphatic rings. The smallest absolute Gasteiger partial charge is 0.148 e. The maximum absolute atomic E-state index is 6.09. The molecule has 5 heteroatoms. The van der Waals surface area contributed by atoms with Crippen LogP contribution in [0.4, 0.5) is 0 Å². The van der Waals surface area contributed by atoms with Gasteiger partial charge < -0.3 is 10.5 Å². The molecule has 2 aromatic rings. The van der Waals surface area contributed by atoms with Crippen LogP contribution in [0.25, 0.3) is 11.3 Å². The Labute approximate surface area is 127 Å². The number of aryl methyl sites for hydroxylation is 1. The minimum absolute atomic E-state index is 0.565. The molecule has 106 valence electrons. The number of nitrogens with zero attached hydrogens (tertiary/aromatic N) is 2. The molecule has 0 atom stereocenters. The Morgan fingerprint density at radius 2 is 1.90 bits per heavy atom. The highest BCUT2D eigenvalue weighted by Gasteiger charge is 2.19. The number of nitrogens with two attached hydrogens (primary N) is 1. The molecule has 0 aliphatic heterocycles. The summed E-state index contributed by atoms with van der Waals surface area (Å²) in [7, 11) is 1.64. The lowest BCUT2D eigenvalue weighted by molar-refractivity contribution is 0.412. The quantitative estimate of drug-likeness (QED) is 0.933. The standard InChI is InChI=1S/C15H18BrN3O/c1-9-7-12(19-14(18-9)15(2,3)17)10-5-6-13(20-4)11(16)8-10/h5-8H,17H2,1-4H3. The minimum Gasteiger partial charge on any atom is -0.496 e. The van der Waals surface area contributed by atoms with E-state index >= 15 is 0 Å². The number of hydrogen-bond acceptors (Lipinski definition) is 4. The van der Waals surface area contributed by atoms with Gasteiger partial charge in [0.05, 0.1) is 22.8 Å². The van der Waals surface area contributed by atoms with E-state index < -0.39 is 5.54 Å². The zero-order valence-corrected chi connectivity index (χ0v) is 13.7. The normalized spacial score (nSPS) is 11.5. The lowest BCUT2D eigenvalue weighted by Gasteiger charge is -2.18. The van der Waals surface area contributed by atoms with Crippen LogP contribution in [0.5, 0.6) is 5.75 Å². The first-order valence-corrected chi connectivity index (χ1v) is 7.09. The number of ether oxygens (including phenoxy) is 1. The van der Waals surface area contributed by atoms with Crippen LogP contribution >= 0.6 is 15.9 Å². The molecule has 4 nitrogen and oxygen atoms in total. The van der Waals surface area contributed by atoms with E-state index in [0.717, 1.165) is 27.2 Å². The van der Waals surface area contributed by atoms with Gasteiger partial charge in [-0.3, -0.25) is 0 Å². The summed E-state index contributed by atoms with van der Waals surface area (Å²) in [6.07, 6.45) is 0. The van der Waals surface area contributed by atoms with Crippen molar-refractivity contribution >= 4 is 15.9 Å². The molecule has 0 fully saturated rings. The van der Waals surface area contributed by atoms with E-state index in [1.165, 1.54) is 0 Å². The van der Waals surface area contributed by atoms with E-state index in [0.29, 0.717) is 5.82 Å². The van der Waals surface area contributed by atoms with E-state index in [2.05, 4.69) is 25.9 Å². The highest BCUT2D eigenvalue weighted by molar-refractivity contribution is 9.10. The Bertz CT molecular complexity index is 636. The molecular weight excluding hydrogens is 318 g/mol. The van der Waals surface area contributed by atoms with Gasteiger partial charge in [0.2, 0.25) is 0 Å². The Morgan fingerprint density at radius 3 is 2.45 bits per heavy atom. The van der Waals surface area contributed by atoms with Crippen LogP contribution in [-0.4, -0.2) is 17.1 Å². The number of methoxy groups -OCH3 is 1. The molecule has 0 saturated heterocycles. The maximum atomic E-state index is 6.09. The third-order valence-electron chi connectivity index (χ3n) is 2.88. The van der Waals surface area contributed by atoms with E-state index in [1.807, 2.05) is 45.0 Å². The maximum Gasteiger partial charge on any atom is 0.148 e. The number of benzene rings is 1. The summed E-state index contributed by atoms with van der Waals surface area (Å²) in [5.74, 6) is 1.43. The molecule has 2 rings (SSSR count). The van der Waals surface area contributed by atoms with Crippen LogP contribution in [0, 0.1) is 6.92 Å². The lowest BCUT2D eigenvalue weighted by atomic mass is 10.0. The van der Waals surface area contributed by atoms with Gasteiger partial charge in [0, 0.05) is 11.3 Å². The van der Waals surface area contributed by atoms with Gasteiger partial charge in [0.15, 0.2) is 0 Å². The van der Waals surface area contributed by atoms with Crippen LogP contribution < -0.4 is 10.5 Å². The van der Waals surface area contributed by atoms with Crippen LogP contribution in [0.3, 0.4) is 0 Å². The van der Waals surface area contributed by atoms with Crippen LogP contribution in [-0.2, 0) is 5.54 Å². The fourth-order valence-electron chi connectivity index (χ4n) is 1.83. The Balaban J connectivity index is 2.53. The van der Waals surface area contributed by atoms with E-state index in [9.17, 15) is 0 Å². The second kappa shape index (κ2) is 5.50. The lowest BCUT2D eigenvalue weighted by Crippen LogP contribution is -2.31. The molecule has 0 bridgehead atoms. The molecule has 0 saturated carbocycles. The fraction of sp³-hybridized carbons (Fsp3) is 0.333. The van der Waals surface area contributed by atoms with Gasteiger partial charge in [-0.25, -0.2) is 9.97 Å². The minimum atomic E-state index is -0.565. The second-order valence-corrected chi connectivity index (χ2v) is 6.14. The van der Waals surface area contributed by atoms with Crippen molar-refractivity contribution in [2.45, 2.75) is 26.3 Å². The van der Waals surface area contributed by atoms with Crippen molar-refractivity contribution in [3.8, 4) is 17.0 Å². The topological polar surface area (TPSA) is 61.0 Å². The number of halogens is 1. The first kappa shape index (κ1) is 14.9. The summed E-state index contributed by atoms with van der Waals surface area (Å²) in [6.45, 7) is 5.74. The summed E-state index contributed by atoms with van der Waals surface area (Å²) in [5, 5.41) is 0. The van der Waals surface area contributed by atoms with Crippen molar-refractivity contribution in [2.75, 3.05) is 7.11 Å². The van der Waals surface area contributed by atoms with Crippen LogP contribution in [0.2, 0.25) is 0 Å². The van der Waals surface area contributed by atoms with Crippen molar-refractivity contribution in [1.82, 2.24) is 9.97 Å². The molecule has 0 radical (unpaired) electrons. The second-order valence-electron chi connectivity index (χ2n) is 5.29. The predicted molar refractivity (Wildman–Crippen MR) is 83.7 cm³/mol. The zero-order chi connectivity index (χ0) is 14.9. The number of aromatic nitrogens is 2. The first-order chi connectivity index (χ1) is 9.31.